The fraction of sp³-hybridized carbons (Fsp3) is 0.0870. The number of hydrogen-bond acceptors (Lipinski definition) is 3. The molecule has 0 saturated heterocycles. The van der Waals surface area contributed by atoms with Gasteiger partial charge in [-0.25, -0.2) is 4.98 Å². The lowest BCUT2D eigenvalue weighted by atomic mass is 10.1. The minimum Gasteiger partial charge on any atom is -0.355 e. The minimum atomic E-state index is 0.824. The first kappa shape index (κ1) is 16.2. The van der Waals surface area contributed by atoms with Crippen LogP contribution in [-0.4, -0.2) is 4.98 Å². The molecule has 1 heterocycles. The van der Waals surface area contributed by atoms with Gasteiger partial charge in [0.2, 0.25) is 0 Å². The molecule has 128 valence electrons. The van der Waals surface area contributed by atoms with Gasteiger partial charge in [-0.1, -0.05) is 42.5 Å². The third-order valence-electron chi connectivity index (χ3n) is 4.30. The van der Waals surface area contributed by atoms with Crippen LogP contribution in [0.4, 0.5) is 22.9 Å². The van der Waals surface area contributed by atoms with Crippen LogP contribution in [-0.2, 0) is 0 Å². The topological polar surface area (TPSA) is 37.0 Å². The number of anilines is 4. The molecular formula is C23H21N3. The van der Waals surface area contributed by atoms with Crippen LogP contribution in [0.5, 0.6) is 0 Å². The largest absolute Gasteiger partial charge is 0.355 e. The highest BCUT2D eigenvalue weighted by Crippen LogP contribution is 2.29. The summed E-state index contributed by atoms with van der Waals surface area (Å²) in [4.78, 5) is 4.77. The number of fused-ring (bicyclic) bond motifs is 1. The van der Waals surface area contributed by atoms with E-state index in [1.165, 1.54) is 11.1 Å². The number of pyridine rings is 1. The molecule has 26 heavy (non-hydrogen) atoms. The van der Waals surface area contributed by atoms with Gasteiger partial charge in [0.15, 0.2) is 0 Å². The Morgan fingerprint density at radius 3 is 2.00 bits per heavy atom. The quantitative estimate of drug-likeness (QED) is 0.455. The van der Waals surface area contributed by atoms with E-state index in [1.807, 2.05) is 24.3 Å². The Morgan fingerprint density at radius 1 is 0.654 bits per heavy atom. The van der Waals surface area contributed by atoms with E-state index >= 15 is 0 Å². The van der Waals surface area contributed by atoms with Crippen molar-refractivity contribution in [2.45, 2.75) is 13.8 Å². The summed E-state index contributed by atoms with van der Waals surface area (Å²) < 4.78 is 0. The maximum atomic E-state index is 4.77. The van der Waals surface area contributed by atoms with Crippen molar-refractivity contribution < 1.29 is 0 Å². The summed E-state index contributed by atoms with van der Waals surface area (Å²) in [7, 11) is 0. The lowest BCUT2D eigenvalue weighted by molar-refractivity contribution is 1.36. The summed E-state index contributed by atoms with van der Waals surface area (Å²) in [5, 5.41) is 8.07. The number of aromatic nitrogens is 1. The number of nitrogens with one attached hydrogen (secondary N) is 2. The summed E-state index contributed by atoms with van der Waals surface area (Å²) in [6.45, 7) is 4.18. The number of benzene rings is 3. The molecule has 4 aromatic rings. The van der Waals surface area contributed by atoms with E-state index in [-0.39, 0.29) is 0 Å². The standard InChI is InChI=1S/C23H21N3/c1-16-7-5-9-18(13-16)24-22-15-23(25-19-10-6-8-17(2)14-19)26-21-12-4-3-11-20(21)22/h3-15H,1-2H3,(H2,24,25,26). The van der Waals surface area contributed by atoms with Crippen LogP contribution < -0.4 is 10.6 Å². The van der Waals surface area contributed by atoms with Crippen molar-refractivity contribution in [1.82, 2.24) is 4.98 Å². The van der Waals surface area contributed by atoms with E-state index in [4.69, 9.17) is 4.98 Å². The van der Waals surface area contributed by atoms with E-state index in [9.17, 15) is 0 Å². The van der Waals surface area contributed by atoms with Gasteiger partial charge in [-0.2, -0.15) is 0 Å². The van der Waals surface area contributed by atoms with Crippen molar-refractivity contribution in [3.05, 3.63) is 90.0 Å². The number of para-hydroxylation sites is 1. The summed E-state index contributed by atoms with van der Waals surface area (Å²) in [5.41, 5.74) is 6.55. The SMILES string of the molecule is Cc1cccc(Nc2cc(Nc3cccc(C)c3)c3ccccc3n2)c1. The zero-order valence-electron chi connectivity index (χ0n) is 15.0. The molecule has 0 aliphatic heterocycles. The second kappa shape index (κ2) is 6.89. The van der Waals surface area contributed by atoms with Crippen LogP contribution in [0.25, 0.3) is 10.9 Å². The average molecular weight is 339 g/mol. The molecule has 2 N–H and O–H groups in total. The third-order valence-corrected chi connectivity index (χ3v) is 4.30. The smallest absolute Gasteiger partial charge is 0.133 e. The summed E-state index contributed by atoms with van der Waals surface area (Å²) in [5.74, 6) is 0.824. The van der Waals surface area contributed by atoms with Gasteiger partial charge in [-0.05, 0) is 55.3 Å². The molecule has 3 heteroatoms. The molecule has 3 nitrogen and oxygen atoms in total. The number of hydrogen-bond donors (Lipinski definition) is 2. The van der Waals surface area contributed by atoms with E-state index in [0.29, 0.717) is 0 Å². The molecular weight excluding hydrogens is 318 g/mol. The predicted molar refractivity (Wildman–Crippen MR) is 111 cm³/mol. The second-order valence-corrected chi connectivity index (χ2v) is 6.56. The molecule has 0 saturated carbocycles. The Bertz CT molecular complexity index is 1070. The van der Waals surface area contributed by atoms with Gasteiger partial charge >= 0.3 is 0 Å². The molecule has 3 aromatic carbocycles. The van der Waals surface area contributed by atoms with E-state index in [2.05, 4.69) is 79.1 Å². The van der Waals surface area contributed by atoms with Gasteiger partial charge < -0.3 is 10.6 Å². The minimum absolute atomic E-state index is 0.824. The molecule has 0 aliphatic carbocycles. The van der Waals surface area contributed by atoms with Crippen molar-refractivity contribution in [2.24, 2.45) is 0 Å². The van der Waals surface area contributed by atoms with Crippen molar-refractivity contribution in [2.75, 3.05) is 10.6 Å². The van der Waals surface area contributed by atoms with E-state index in [1.54, 1.807) is 0 Å². The van der Waals surface area contributed by atoms with E-state index in [0.717, 1.165) is 33.8 Å². The van der Waals surface area contributed by atoms with Crippen molar-refractivity contribution in [3.63, 3.8) is 0 Å². The maximum absolute atomic E-state index is 4.77. The Hall–Kier alpha value is -3.33. The van der Waals surface area contributed by atoms with Gasteiger partial charge in [0, 0.05) is 22.8 Å². The van der Waals surface area contributed by atoms with Crippen LogP contribution in [0.1, 0.15) is 11.1 Å². The van der Waals surface area contributed by atoms with Crippen LogP contribution in [0, 0.1) is 13.8 Å². The molecule has 4 rings (SSSR count). The van der Waals surface area contributed by atoms with E-state index < -0.39 is 0 Å². The Kier molecular flexibility index (Phi) is 4.28. The normalized spacial score (nSPS) is 10.7. The van der Waals surface area contributed by atoms with Crippen molar-refractivity contribution in [3.8, 4) is 0 Å². The Morgan fingerprint density at radius 2 is 1.31 bits per heavy atom. The first-order chi connectivity index (χ1) is 12.7. The van der Waals surface area contributed by atoms with Crippen LogP contribution in [0.15, 0.2) is 78.9 Å². The maximum Gasteiger partial charge on any atom is 0.133 e. The molecule has 0 amide bonds. The third kappa shape index (κ3) is 3.52. The number of rotatable bonds is 4. The Labute approximate surface area is 153 Å². The molecule has 0 bridgehead atoms. The molecule has 0 spiro atoms. The summed E-state index contributed by atoms with van der Waals surface area (Å²) in [6.07, 6.45) is 0. The van der Waals surface area contributed by atoms with Gasteiger partial charge in [0.25, 0.3) is 0 Å². The van der Waals surface area contributed by atoms with Crippen molar-refractivity contribution in [1.29, 1.82) is 0 Å². The fourth-order valence-corrected chi connectivity index (χ4v) is 3.09. The molecule has 0 atom stereocenters. The zero-order valence-corrected chi connectivity index (χ0v) is 15.0. The molecule has 0 unspecified atom stereocenters. The first-order valence-corrected chi connectivity index (χ1v) is 8.74. The molecule has 0 radical (unpaired) electrons. The first-order valence-electron chi connectivity index (χ1n) is 8.74. The van der Waals surface area contributed by atoms with Gasteiger partial charge in [0.05, 0.1) is 11.2 Å². The van der Waals surface area contributed by atoms with Crippen LogP contribution in [0.3, 0.4) is 0 Å². The highest BCUT2D eigenvalue weighted by molar-refractivity contribution is 5.95. The van der Waals surface area contributed by atoms with Crippen LogP contribution >= 0.6 is 0 Å². The molecule has 1 aromatic heterocycles. The summed E-state index contributed by atoms with van der Waals surface area (Å²) in [6, 6.07) is 26.9. The fourth-order valence-electron chi connectivity index (χ4n) is 3.09. The van der Waals surface area contributed by atoms with Crippen LogP contribution in [0.2, 0.25) is 0 Å². The van der Waals surface area contributed by atoms with Gasteiger partial charge in [0.1, 0.15) is 5.82 Å². The molecule has 0 aliphatic rings. The van der Waals surface area contributed by atoms with Gasteiger partial charge in [-0.3, -0.25) is 0 Å². The monoisotopic (exact) mass is 339 g/mol. The second-order valence-electron chi connectivity index (χ2n) is 6.56. The number of aryl methyl sites for hydroxylation is 2. The highest BCUT2D eigenvalue weighted by atomic mass is 15.0. The predicted octanol–water partition coefficient (Wildman–Crippen LogP) is 6.34. The summed E-state index contributed by atoms with van der Waals surface area (Å²) >= 11 is 0. The molecule has 0 fully saturated rings. The zero-order chi connectivity index (χ0) is 17.9. The highest BCUT2D eigenvalue weighted by Gasteiger charge is 2.07. The number of nitrogens with zero attached hydrogens (tertiary/aromatic N) is 1. The lowest BCUT2D eigenvalue weighted by Crippen LogP contribution is -1.98. The van der Waals surface area contributed by atoms with Gasteiger partial charge in [-0.15, -0.1) is 0 Å². The average Bonchev–Trinajstić information content (AvgIpc) is 2.62. The van der Waals surface area contributed by atoms with Crippen molar-refractivity contribution >= 4 is 33.8 Å². The lowest BCUT2D eigenvalue weighted by Gasteiger charge is -2.14. The Balaban J connectivity index is 1.75.